The van der Waals surface area contributed by atoms with Gasteiger partial charge in [0.2, 0.25) is 0 Å². The number of sulfonamides is 1. The smallest absolute Gasteiger partial charge is 0.264 e. The number of hydrogen-bond acceptors (Lipinski definition) is 5. The van der Waals surface area contributed by atoms with Gasteiger partial charge in [-0.3, -0.25) is 14.4 Å². The lowest BCUT2D eigenvalue weighted by Crippen LogP contribution is -2.30. The van der Waals surface area contributed by atoms with Crippen LogP contribution in [0.15, 0.2) is 59.5 Å². The molecule has 0 bridgehead atoms. The molecule has 6 nitrogen and oxygen atoms in total. The van der Waals surface area contributed by atoms with Crippen LogP contribution in [0.2, 0.25) is 0 Å². The van der Waals surface area contributed by atoms with Crippen LogP contribution < -0.4 is 9.62 Å². The summed E-state index contributed by atoms with van der Waals surface area (Å²) in [6, 6.07) is 15.0. The van der Waals surface area contributed by atoms with E-state index in [4.69, 9.17) is 0 Å². The Morgan fingerprint density at radius 3 is 2.48 bits per heavy atom. The standard InChI is InChI=1S/C21H21N3O3S2/c1-2-24(16-7-4-3-5-8-16)29(26,27)17-13-11-15(12-14-17)20(25)23-21-22-18-9-6-10-19(18)28-21/h3-5,7-8,11-14H,2,6,9-10H2,1H3,(H,22,23,25). The molecule has 1 amide bonds. The van der Waals surface area contributed by atoms with Gasteiger partial charge in [0.05, 0.1) is 16.3 Å². The fourth-order valence-electron chi connectivity index (χ4n) is 3.40. The Hall–Kier alpha value is -2.71. The second-order valence-corrected chi connectivity index (χ2v) is 9.67. The number of carbonyl (C=O) groups excluding carboxylic acids is 1. The summed E-state index contributed by atoms with van der Waals surface area (Å²) >= 11 is 1.51. The van der Waals surface area contributed by atoms with Crippen LogP contribution in [0.25, 0.3) is 0 Å². The van der Waals surface area contributed by atoms with Gasteiger partial charge in [0.1, 0.15) is 0 Å². The molecule has 1 aromatic heterocycles. The molecular weight excluding hydrogens is 406 g/mol. The summed E-state index contributed by atoms with van der Waals surface area (Å²) in [5.74, 6) is -0.295. The Morgan fingerprint density at radius 2 is 1.83 bits per heavy atom. The van der Waals surface area contributed by atoms with Crippen molar-refractivity contribution in [3.63, 3.8) is 0 Å². The first-order valence-corrected chi connectivity index (χ1v) is 11.7. The van der Waals surface area contributed by atoms with Gasteiger partial charge < -0.3 is 0 Å². The maximum Gasteiger partial charge on any atom is 0.264 e. The predicted octanol–water partition coefficient (Wildman–Crippen LogP) is 4.10. The SMILES string of the molecule is CCN(c1ccccc1)S(=O)(=O)c1ccc(C(=O)Nc2nc3c(s2)CCC3)cc1. The number of nitrogens with one attached hydrogen (secondary N) is 1. The van der Waals surface area contributed by atoms with Gasteiger partial charge in [-0.25, -0.2) is 13.4 Å². The lowest BCUT2D eigenvalue weighted by molar-refractivity contribution is 0.102. The van der Waals surface area contributed by atoms with E-state index in [1.54, 1.807) is 31.2 Å². The molecule has 0 radical (unpaired) electrons. The lowest BCUT2D eigenvalue weighted by atomic mass is 10.2. The van der Waals surface area contributed by atoms with Crippen molar-refractivity contribution in [1.29, 1.82) is 0 Å². The number of hydrogen-bond donors (Lipinski definition) is 1. The highest BCUT2D eigenvalue weighted by molar-refractivity contribution is 7.92. The number of benzene rings is 2. The largest absolute Gasteiger partial charge is 0.298 e. The molecule has 29 heavy (non-hydrogen) atoms. The molecule has 2 aromatic carbocycles. The number of carbonyl (C=O) groups is 1. The number of nitrogens with zero attached hydrogens (tertiary/aromatic N) is 2. The number of para-hydroxylation sites is 1. The number of amides is 1. The summed E-state index contributed by atoms with van der Waals surface area (Å²) < 4.78 is 27.4. The van der Waals surface area contributed by atoms with Crippen molar-refractivity contribution in [1.82, 2.24) is 4.98 Å². The highest BCUT2D eigenvalue weighted by Gasteiger charge is 2.24. The molecule has 0 saturated carbocycles. The Morgan fingerprint density at radius 1 is 1.10 bits per heavy atom. The van der Waals surface area contributed by atoms with Gasteiger partial charge in [0, 0.05) is 17.0 Å². The lowest BCUT2D eigenvalue weighted by Gasteiger charge is -2.22. The number of aryl methyl sites for hydroxylation is 2. The van der Waals surface area contributed by atoms with E-state index >= 15 is 0 Å². The summed E-state index contributed by atoms with van der Waals surface area (Å²) in [5.41, 5.74) is 2.07. The Kier molecular flexibility index (Phi) is 5.38. The highest BCUT2D eigenvalue weighted by atomic mass is 32.2. The number of rotatable bonds is 6. The zero-order valence-corrected chi connectivity index (χ0v) is 17.6. The number of fused-ring (bicyclic) bond motifs is 1. The van der Waals surface area contributed by atoms with Crippen LogP contribution in [0.5, 0.6) is 0 Å². The zero-order valence-electron chi connectivity index (χ0n) is 16.0. The Labute approximate surface area is 174 Å². The van der Waals surface area contributed by atoms with Crippen LogP contribution >= 0.6 is 11.3 Å². The summed E-state index contributed by atoms with van der Waals surface area (Å²) in [5, 5.41) is 3.41. The van der Waals surface area contributed by atoms with Gasteiger partial charge in [0.25, 0.3) is 15.9 Å². The van der Waals surface area contributed by atoms with E-state index in [0.717, 1.165) is 25.0 Å². The van der Waals surface area contributed by atoms with Gasteiger partial charge in [0.15, 0.2) is 5.13 Å². The average Bonchev–Trinajstić information content (AvgIpc) is 3.31. The minimum Gasteiger partial charge on any atom is -0.298 e. The van der Waals surface area contributed by atoms with Crippen LogP contribution in [-0.4, -0.2) is 25.9 Å². The fourth-order valence-corrected chi connectivity index (χ4v) is 5.92. The van der Waals surface area contributed by atoms with Gasteiger partial charge >= 0.3 is 0 Å². The van der Waals surface area contributed by atoms with Gasteiger partial charge in [-0.15, -0.1) is 11.3 Å². The van der Waals surface area contributed by atoms with Gasteiger partial charge in [-0.2, -0.15) is 0 Å². The molecular formula is C21H21N3O3S2. The molecule has 0 aliphatic heterocycles. The summed E-state index contributed by atoms with van der Waals surface area (Å²) in [6.07, 6.45) is 3.10. The van der Waals surface area contributed by atoms with Gasteiger partial charge in [-0.05, 0) is 62.6 Å². The minimum absolute atomic E-state index is 0.146. The number of anilines is 2. The minimum atomic E-state index is -3.71. The number of thiazole rings is 1. The normalized spacial score (nSPS) is 13.1. The van der Waals surface area contributed by atoms with Gasteiger partial charge in [-0.1, -0.05) is 18.2 Å². The Bertz CT molecular complexity index is 1100. The average molecular weight is 428 g/mol. The van der Waals surface area contributed by atoms with E-state index in [0.29, 0.717) is 22.9 Å². The second kappa shape index (κ2) is 7.96. The fraction of sp³-hybridized carbons (Fsp3) is 0.238. The van der Waals surface area contributed by atoms with Crippen molar-refractivity contribution in [3.8, 4) is 0 Å². The second-order valence-electron chi connectivity index (χ2n) is 6.73. The van der Waals surface area contributed by atoms with Crippen molar-refractivity contribution >= 4 is 38.1 Å². The number of aromatic nitrogens is 1. The van der Waals surface area contributed by atoms with E-state index in [9.17, 15) is 13.2 Å². The molecule has 0 unspecified atom stereocenters. The first-order valence-electron chi connectivity index (χ1n) is 9.47. The third-order valence-corrected chi connectivity index (χ3v) is 7.84. The van der Waals surface area contributed by atoms with E-state index in [2.05, 4.69) is 10.3 Å². The third-order valence-electron chi connectivity index (χ3n) is 4.85. The van der Waals surface area contributed by atoms with E-state index in [1.807, 2.05) is 6.07 Å². The molecule has 0 saturated heterocycles. The molecule has 4 rings (SSSR count). The summed E-state index contributed by atoms with van der Waals surface area (Å²) in [6.45, 7) is 2.10. The van der Waals surface area contributed by atoms with Crippen molar-refractivity contribution in [3.05, 3.63) is 70.7 Å². The molecule has 1 N–H and O–H groups in total. The molecule has 150 valence electrons. The maximum atomic E-state index is 13.0. The quantitative estimate of drug-likeness (QED) is 0.642. The highest BCUT2D eigenvalue weighted by Crippen LogP contribution is 2.30. The third kappa shape index (κ3) is 3.90. The van der Waals surface area contributed by atoms with Crippen LogP contribution in [0.1, 0.15) is 34.3 Å². The molecule has 3 aromatic rings. The van der Waals surface area contributed by atoms with Crippen LogP contribution in [-0.2, 0) is 22.9 Å². The van der Waals surface area contributed by atoms with E-state index < -0.39 is 10.0 Å². The predicted molar refractivity (Wildman–Crippen MR) is 115 cm³/mol. The molecule has 0 spiro atoms. The molecule has 1 aliphatic rings. The van der Waals surface area contributed by atoms with Crippen molar-refractivity contribution in [2.45, 2.75) is 31.1 Å². The monoisotopic (exact) mass is 427 g/mol. The van der Waals surface area contributed by atoms with Crippen molar-refractivity contribution in [2.24, 2.45) is 0 Å². The summed E-state index contributed by atoms with van der Waals surface area (Å²) in [7, 11) is -3.71. The molecule has 0 atom stereocenters. The topological polar surface area (TPSA) is 79.4 Å². The van der Waals surface area contributed by atoms with Crippen LogP contribution in [0.3, 0.4) is 0 Å². The zero-order chi connectivity index (χ0) is 20.4. The summed E-state index contributed by atoms with van der Waals surface area (Å²) in [4.78, 5) is 18.4. The van der Waals surface area contributed by atoms with Crippen LogP contribution in [0.4, 0.5) is 10.8 Å². The van der Waals surface area contributed by atoms with Crippen molar-refractivity contribution < 1.29 is 13.2 Å². The Balaban J connectivity index is 1.52. The van der Waals surface area contributed by atoms with Crippen molar-refractivity contribution in [2.75, 3.05) is 16.2 Å². The first-order chi connectivity index (χ1) is 14.0. The first kappa shape index (κ1) is 19.6. The maximum absolute atomic E-state index is 13.0. The van der Waals surface area contributed by atoms with E-state index in [1.165, 1.54) is 44.8 Å². The van der Waals surface area contributed by atoms with E-state index in [-0.39, 0.29) is 10.8 Å². The molecule has 8 heteroatoms. The van der Waals surface area contributed by atoms with Crippen LogP contribution in [0, 0.1) is 0 Å². The molecule has 0 fully saturated rings. The molecule has 1 heterocycles. The molecule has 1 aliphatic carbocycles.